The molecule has 2 aromatic carbocycles. The zero-order valence-electron chi connectivity index (χ0n) is 14.5. The number of nitrogens with one attached hydrogen (secondary N) is 1. The molecule has 0 aliphatic carbocycles. The number of hydrogen-bond acceptors (Lipinski definition) is 3. The van der Waals surface area contributed by atoms with Gasteiger partial charge in [0.05, 0.1) is 0 Å². The molecule has 0 saturated heterocycles. The van der Waals surface area contributed by atoms with E-state index < -0.39 is 0 Å². The van der Waals surface area contributed by atoms with Gasteiger partial charge in [-0.1, -0.05) is 36.4 Å². The monoisotopic (exact) mass is 349 g/mol. The molecule has 1 amide bonds. The molecule has 1 N–H and O–H groups in total. The smallest absolute Gasteiger partial charge is 0.270 e. The van der Waals surface area contributed by atoms with Gasteiger partial charge in [0.15, 0.2) is 0 Å². The first-order valence-electron chi connectivity index (χ1n) is 8.49. The Morgan fingerprint density at radius 3 is 2.50 bits per heavy atom. The molecule has 5 heteroatoms. The number of amides is 1. The standard InChI is InChI=1S/C21H20FN3O/c1-2-25(17-9-4-3-5-10-17)18-12-13-23-20(14-18)21(26)24-15-16-8-6-7-11-19(16)22/h3-14H,2,15H2,1H3,(H,24,26). The SMILES string of the molecule is CCN(c1ccccc1)c1ccnc(C(=O)NCc2ccccc2F)c1. The number of hydrogen-bond donors (Lipinski definition) is 1. The number of rotatable bonds is 6. The number of nitrogens with zero attached hydrogens (tertiary/aromatic N) is 2. The van der Waals surface area contributed by atoms with Gasteiger partial charge in [0, 0.05) is 36.2 Å². The van der Waals surface area contributed by atoms with E-state index in [-0.39, 0.29) is 18.3 Å². The van der Waals surface area contributed by atoms with E-state index in [0.717, 1.165) is 17.9 Å². The lowest BCUT2D eigenvalue weighted by atomic mass is 10.2. The third kappa shape index (κ3) is 4.06. The summed E-state index contributed by atoms with van der Waals surface area (Å²) in [5.74, 6) is -0.671. The van der Waals surface area contributed by atoms with Crippen LogP contribution in [0.3, 0.4) is 0 Å². The van der Waals surface area contributed by atoms with Crippen LogP contribution < -0.4 is 10.2 Å². The molecule has 0 aliphatic heterocycles. The number of pyridine rings is 1. The Balaban J connectivity index is 1.76. The van der Waals surface area contributed by atoms with Gasteiger partial charge in [-0.05, 0) is 37.3 Å². The van der Waals surface area contributed by atoms with Crippen LogP contribution in [0.2, 0.25) is 0 Å². The highest BCUT2D eigenvalue weighted by molar-refractivity contribution is 5.93. The predicted molar refractivity (Wildman–Crippen MR) is 101 cm³/mol. The second kappa shape index (κ2) is 8.25. The quantitative estimate of drug-likeness (QED) is 0.721. The summed E-state index contributed by atoms with van der Waals surface area (Å²) >= 11 is 0. The summed E-state index contributed by atoms with van der Waals surface area (Å²) in [7, 11) is 0. The highest BCUT2D eigenvalue weighted by Crippen LogP contribution is 2.24. The Morgan fingerprint density at radius 2 is 1.77 bits per heavy atom. The maximum Gasteiger partial charge on any atom is 0.270 e. The van der Waals surface area contributed by atoms with Crippen molar-refractivity contribution >= 4 is 17.3 Å². The Bertz CT molecular complexity index is 883. The number of benzene rings is 2. The number of aromatic nitrogens is 1. The molecule has 4 nitrogen and oxygen atoms in total. The van der Waals surface area contributed by atoms with Crippen LogP contribution in [-0.4, -0.2) is 17.4 Å². The van der Waals surface area contributed by atoms with Gasteiger partial charge in [0.2, 0.25) is 0 Å². The van der Waals surface area contributed by atoms with Crippen molar-refractivity contribution in [3.8, 4) is 0 Å². The summed E-state index contributed by atoms with van der Waals surface area (Å²) in [4.78, 5) is 18.7. The van der Waals surface area contributed by atoms with Gasteiger partial charge in [-0.25, -0.2) is 4.39 Å². The van der Waals surface area contributed by atoms with Crippen molar-refractivity contribution in [2.24, 2.45) is 0 Å². The number of para-hydroxylation sites is 1. The minimum absolute atomic E-state index is 0.119. The zero-order chi connectivity index (χ0) is 18.4. The molecule has 1 heterocycles. The lowest BCUT2D eigenvalue weighted by molar-refractivity contribution is 0.0945. The molecule has 1 aromatic heterocycles. The van der Waals surface area contributed by atoms with Crippen LogP contribution in [0.4, 0.5) is 15.8 Å². The van der Waals surface area contributed by atoms with Gasteiger partial charge >= 0.3 is 0 Å². The van der Waals surface area contributed by atoms with Crippen LogP contribution >= 0.6 is 0 Å². The van der Waals surface area contributed by atoms with Crippen LogP contribution in [0.25, 0.3) is 0 Å². The molecule has 3 aromatic rings. The van der Waals surface area contributed by atoms with Crippen molar-refractivity contribution < 1.29 is 9.18 Å². The molecule has 3 rings (SSSR count). The summed E-state index contributed by atoms with van der Waals surface area (Å²) in [6, 6.07) is 19.9. The van der Waals surface area contributed by atoms with Crippen LogP contribution in [0.5, 0.6) is 0 Å². The van der Waals surface area contributed by atoms with Crippen molar-refractivity contribution in [3.05, 3.63) is 90.0 Å². The minimum atomic E-state index is -0.337. The van der Waals surface area contributed by atoms with Crippen molar-refractivity contribution in [3.63, 3.8) is 0 Å². The second-order valence-electron chi connectivity index (χ2n) is 5.75. The van der Waals surface area contributed by atoms with E-state index in [4.69, 9.17) is 0 Å². The summed E-state index contributed by atoms with van der Waals surface area (Å²) in [6.07, 6.45) is 1.61. The van der Waals surface area contributed by atoms with Crippen LogP contribution in [0.15, 0.2) is 72.9 Å². The Kier molecular flexibility index (Phi) is 5.59. The first-order valence-corrected chi connectivity index (χ1v) is 8.49. The molecule has 132 valence electrons. The molecule has 26 heavy (non-hydrogen) atoms. The number of carbonyl (C=O) groups is 1. The Labute approximate surface area is 152 Å². The van der Waals surface area contributed by atoms with Crippen molar-refractivity contribution in [1.29, 1.82) is 0 Å². The van der Waals surface area contributed by atoms with E-state index >= 15 is 0 Å². The van der Waals surface area contributed by atoms with E-state index in [2.05, 4.69) is 15.2 Å². The number of anilines is 2. The molecule has 0 spiro atoms. The topological polar surface area (TPSA) is 45.2 Å². The van der Waals surface area contributed by atoms with E-state index in [1.807, 2.05) is 43.3 Å². The van der Waals surface area contributed by atoms with Gasteiger partial charge in [0.1, 0.15) is 11.5 Å². The maximum absolute atomic E-state index is 13.7. The Morgan fingerprint density at radius 1 is 1.04 bits per heavy atom. The highest BCUT2D eigenvalue weighted by Gasteiger charge is 2.12. The lowest BCUT2D eigenvalue weighted by Gasteiger charge is -2.23. The van der Waals surface area contributed by atoms with E-state index in [0.29, 0.717) is 11.3 Å². The third-order valence-corrected chi connectivity index (χ3v) is 4.07. The first-order chi connectivity index (χ1) is 12.7. The van der Waals surface area contributed by atoms with Crippen LogP contribution in [0.1, 0.15) is 23.0 Å². The van der Waals surface area contributed by atoms with Crippen LogP contribution in [-0.2, 0) is 6.54 Å². The van der Waals surface area contributed by atoms with Gasteiger partial charge in [-0.2, -0.15) is 0 Å². The summed E-state index contributed by atoms with van der Waals surface area (Å²) < 4.78 is 13.7. The molecule has 0 bridgehead atoms. The molecule has 0 fully saturated rings. The number of carbonyl (C=O) groups excluding carboxylic acids is 1. The van der Waals surface area contributed by atoms with Gasteiger partial charge in [-0.15, -0.1) is 0 Å². The molecule has 0 aliphatic rings. The van der Waals surface area contributed by atoms with E-state index in [1.54, 1.807) is 30.5 Å². The fourth-order valence-corrected chi connectivity index (χ4v) is 2.74. The molecular formula is C21H20FN3O. The third-order valence-electron chi connectivity index (χ3n) is 4.07. The van der Waals surface area contributed by atoms with E-state index in [9.17, 15) is 9.18 Å². The number of halogens is 1. The molecule has 0 atom stereocenters. The van der Waals surface area contributed by atoms with Crippen molar-refractivity contribution in [2.75, 3.05) is 11.4 Å². The van der Waals surface area contributed by atoms with Crippen LogP contribution in [0, 0.1) is 5.82 Å². The van der Waals surface area contributed by atoms with Crippen molar-refractivity contribution in [2.45, 2.75) is 13.5 Å². The molecule has 0 radical (unpaired) electrons. The minimum Gasteiger partial charge on any atom is -0.347 e. The van der Waals surface area contributed by atoms with Crippen molar-refractivity contribution in [1.82, 2.24) is 10.3 Å². The average Bonchev–Trinajstić information content (AvgIpc) is 2.69. The summed E-state index contributed by atoms with van der Waals surface area (Å²) in [5, 5.41) is 2.72. The van der Waals surface area contributed by atoms with E-state index in [1.165, 1.54) is 6.07 Å². The second-order valence-corrected chi connectivity index (χ2v) is 5.75. The first kappa shape index (κ1) is 17.6. The van der Waals surface area contributed by atoms with Gasteiger partial charge in [0.25, 0.3) is 5.91 Å². The van der Waals surface area contributed by atoms with Gasteiger partial charge < -0.3 is 10.2 Å². The summed E-state index contributed by atoms with van der Waals surface area (Å²) in [6.45, 7) is 2.92. The normalized spacial score (nSPS) is 10.4. The van der Waals surface area contributed by atoms with Gasteiger partial charge in [-0.3, -0.25) is 9.78 Å². The average molecular weight is 349 g/mol. The fraction of sp³-hybridized carbons (Fsp3) is 0.143. The Hall–Kier alpha value is -3.21. The zero-order valence-corrected chi connectivity index (χ0v) is 14.5. The summed E-state index contributed by atoms with van der Waals surface area (Å²) in [5.41, 5.74) is 2.66. The molecule has 0 saturated carbocycles. The lowest BCUT2D eigenvalue weighted by Crippen LogP contribution is -2.25. The maximum atomic E-state index is 13.7. The fourth-order valence-electron chi connectivity index (χ4n) is 2.74. The largest absolute Gasteiger partial charge is 0.347 e. The molecular weight excluding hydrogens is 329 g/mol. The molecule has 0 unspecified atom stereocenters. The predicted octanol–water partition coefficient (Wildman–Crippen LogP) is 4.31. The highest BCUT2D eigenvalue weighted by atomic mass is 19.1.